The second kappa shape index (κ2) is 16.2. The van der Waals surface area contributed by atoms with Crippen LogP contribution in [0.2, 0.25) is 0 Å². The van der Waals surface area contributed by atoms with Crippen molar-refractivity contribution in [3.63, 3.8) is 0 Å². The van der Waals surface area contributed by atoms with Crippen molar-refractivity contribution in [1.82, 2.24) is 15.5 Å². The average Bonchev–Trinajstić information content (AvgIpc) is 2.94. The lowest BCUT2D eigenvalue weighted by atomic mass is 9.96. The molecule has 3 unspecified atom stereocenters. The number of benzene rings is 2. The van der Waals surface area contributed by atoms with E-state index in [4.69, 9.17) is 15.9 Å². The minimum absolute atomic E-state index is 0.0576. The van der Waals surface area contributed by atoms with Gasteiger partial charge in [-0.3, -0.25) is 9.59 Å². The van der Waals surface area contributed by atoms with E-state index < -0.39 is 53.2 Å². The van der Waals surface area contributed by atoms with Crippen LogP contribution < -0.4 is 10.6 Å². The van der Waals surface area contributed by atoms with E-state index in [2.05, 4.69) is 29.2 Å². The van der Waals surface area contributed by atoms with Crippen molar-refractivity contribution in [3.05, 3.63) is 71.3 Å². The normalized spacial score (nSPS) is 13.4. The van der Waals surface area contributed by atoms with Crippen LogP contribution in [0.1, 0.15) is 77.6 Å². The molecule has 0 heterocycles. The molecule has 238 valence electrons. The first-order valence-electron chi connectivity index (χ1n) is 14.6. The summed E-state index contributed by atoms with van der Waals surface area (Å²) in [6.07, 6.45) is 5.68. The molecule has 2 rings (SSSR count). The maximum Gasteiger partial charge on any atom is 0.408 e. The topological polar surface area (TPSA) is 114 Å². The van der Waals surface area contributed by atoms with Gasteiger partial charge in [0, 0.05) is 24.3 Å². The molecule has 44 heavy (non-hydrogen) atoms. The summed E-state index contributed by atoms with van der Waals surface area (Å²) >= 11 is 4.32. The molecule has 0 spiro atoms. The van der Waals surface area contributed by atoms with Crippen LogP contribution in [0, 0.1) is 12.3 Å². The van der Waals surface area contributed by atoms with Crippen LogP contribution in [0.5, 0.6) is 0 Å². The van der Waals surface area contributed by atoms with Crippen LogP contribution in [0.3, 0.4) is 0 Å². The van der Waals surface area contributed by atoms with E-state index in [9.17, 15) is 19.2 Å². The Bertz CT molecular complexity index is 1330. The standard InChI is InChI=1S/C34H45N3O6S/c1-9-20-37(30(39)27(22-44)36-32(41)43-34(6,7)8)28(25-19-15-14-18-24(25)10-2)29(38)35-26(31(40)42-33(3,4)5)21-23-16-12-11-13-17-23/h2,11-19,26-28,44H,9,20-22H2,1,3-8H3,(H,35,38)(H,36,41). The molecule has 3 atom stereocenters. The zero-order chi connectivity index (χ0) is 33.1. The van der Waals surface area contributed by atoms with Crippen molar-refractivity contribution in [2.24, 2.45) is 0 Å². The van der Waals surface area contributed by atoms with Crippen LogP contribution in [0.4, 0.5) is 4.79 Å². The summed E-state index contributed by atoms with van der Waals surface area (Å²) < 4.78 is 11.0. The Balaban J connectivity index is 2.58. The molecule has 0 aromatic heterocycles. The van der Waals surface area contributed by atoms with E-state index in [1.807, 2.05) is 37.3 Å². The molecule has 0 saturated heterocycles. The van der Waals surface area contributed by atoms with Crippen LogP contribution in [-0.2, 0) is 30.3 Å². The van der Waals surface area contributed by atoms with Gasteiger partial charge in [-0.05, 0) is 65.2 Å². The third-order valence-electron chi connectivity index (χ3n) is 6.18. The minimum atomic E-state index is -1.24. The molecule has 0 radical (unpaired) electrons. The third-order valence-corrected chi connectivity index (χ3v) is 6.55. The summed E-state index contributed by atoms with van der Waals surface area (Å²) in [5, 5.41) is 5.43. The predicted octanol–water partition coefficient (Wildman–Crippen LogP) is 4.84. The fourth-order valence-electron chi connectivity index (χ4n) is 4.43. The zero-order valence-electron chi connectivity index (χ0n) is 26.7. The molecule has 0 aliphatic rings. The van der Waals surface area contributed by atoms with Crippen molar-refractivity contribution in [2.45, 2.75) is 90.6 Å². The van der Waals surface area contributed by atoms with Gasteiger partial charge in [0.15, 0.2) is 0 Å². The first-order chi connectivity index (χ1) is 20.6. The summed E-state index contributed by atoms with van der Waals surface area (Å²) in [5.74, 6) is 0.737. The van der Waals surface area contributed by atoms with E-state index in [0.717, 1.165) is 5.56 Å². The van der Waals surface area contributed by atoms with Gasteiger partial charge in [-0.1, -0.05) is 61.4 Å². The third kappa shape index (κ3) is 11.3. The number of ether oxygens (including phenoxy) is 2. The number of terminal acetylenes is 1. The lowest BCUT2D eigenvalue weighted by Crippen LogP contribution is -2.55. The van der Waals surface area contributed by atoms with Crippen LogP contribution in [0.15, 0.2) is 54.6 Å². The Morgan fingerprint density at radius 3 is 2.02 bits per heavy atom. The van der Waals surface area contributed by atoms with Crippen molar-refractivity contribution in [2.75, 3.05) is 12.3 Å². The Labute approximate surface area is 266 Å². The molecule has 2 N–H and O–H groups in total. The SMILES string of the molecule is C#Cc1ccccc1C(C(=O)NC(Cc1ccccc1)C(=O)OC(C)(C)C)N(CCC)C(=O)C(CS)NC(=O)OC(C)(C)C. The van der Waals surface area contributed by atoms with Gasteiger partial charge in [0.2, 0.25) is 11.8 Å². The second-order valence-electron chi connectivity index (χ2n) is 12.3. The number of hydrogen-bond donors (Lipinski definition) is 3. The van der Waals surface area contributed by atoms with Gasteiger partial charge in [-0.15, -0.1) is 6.42 Å². The molecule has 2 aromatic rings. The molecule has 3 amide bonds. The predicted molar refractivity (Wildman–Crippen MR) is 174 cm³/mol. The number of nitrogens with one attached hydrogen (secondary N) is 2. The van der Waals surface area contributed by atoms with Crippen molar-refractivity contribution in [3.8, 4) is 12.3 Å². The van der Waals surface area contributed by atoms with E-state index in [1.165, 1.54) is 4.90 Å². The molecular weight excluding hydrogens is 578 g/mol. The number of carbonyl (C=O) groups is 4. The average molecular weight is 624 g/mol. The highest BCUT2D eigenvalue weighted by Crippen LogP contribution is 2.27. The van der Waals surface area contributed by atoms with Gasteiger partial charge >= 0.3 is 12.1 Å². The van der Waals surface area contributed by atoms with Gasteiger partial charge in [0.1, 0.15) is 29.3 Å². The van der Waals surface area contributed by atoms with Gasteiger partial charge in [-0.25, -0.2) is 9.59 Å². The lowest BCUT2D eigenvalue weighted by Gasteiger charge is -2.35. The number of thiol groups is 1. The van der Waals surface area contributed by atoms with Crippen LogP contribution in [0.25, 0.3) is 0 Å². The number of amides is 3. The molecule has 0 bridgehead atoms. The number of rotatable bonds is 12. The minimum Gasteiger partial charge on any atom is -0.458 e. The molecule has 0 saturated carbocycles. The number of hydrogen-bond acceptors (Lipinski definition) is 7. The molecule has 2 aromatic carbocycles. The van der Waals surface area contributed by atoms with Crippen molar-refractivity contribution in [1.29, 1.82) is 0 Å². The number of esters is 1. The first-order valence-corrected chi connectivity index (χ1v) is 15.3. The number of alkyl carbamates (subject to hydrolysis) is 1. The Kier molecular flexibility index (Phi) is 13.3. The Morgan fingerprint density at radius 2 is 1.48 bits per heavy atom. The van der Waals surface area contributed by atoms with Crippen LogP contribution in [-0.4, -0.2) is 64.4 Å². The summed E-state index contributed by atoms with van der Waals surface area (Å²) in [4.78, 5) is 55.7. The highest BCUT2D eigenvalue weighted by molar-refractivity contribution is 7.80. The first kappa shape index (κ1) is 36.2. The summed E-state index contributed by atoms with van der Waals surface area (Å²) in [5.41, 5.74) is 0.0142. The maximum absolute atomic E-state index is 14.3. The summed E-state index contributed by atoms with van der Waals surface area (Å²) in [7, 11) is 0. The maximum atomic E-state index is 14.3. The molecule has 0 aliphatic carbocycles. The fourth-order valence-corrected chi connectivity index (χ4v) is 4.67. The molecule has 0 fully saturated rings. The van der Waals surface area contributed by atoms with Gasteiger partial charge in [0.25, 0.3) is 0 Å². The molecular formula is C34H45N3O6S. The lowest BCUT2D eigenvalue weighted by molar-refractivity contribution is -0.159. The van der Waals surface area contributed by atoms with E-state index in [-0.39, 0.29) is 18.7 Å². The molecule has 10 heteroatoms. The monoisotopic (exact) mass is 623 g/mol. The van der Waals surface area contributed by atoms with E-state index >= 15 is 0 Å². The Hall–Kier alpha value is -3.97. The van der Waals surface area contributed by atoms with Gasteiger partial charge in [-0.2, -0.15) is 12.6 Å². The Morgan fingerprint density at radius 1 is 0.886 bits per heavy atom. The van der Waals surface area contributed by atoms with Crippen LogP contribution >= 0.6 is 12.6 Å². The van der Waals surface area contributed by atoms with E-state index in [0.29, 0.717) is 17.5 Å². The van der Waals surface area contributed by atoms with Gasteiger partial charge in [0.05, 0.1) is 0 Å². The number of nitrogens with zero attached hydrogens (tertiary/aromatic N) is 1. The highest BCUT2D eigenvalue weighted by Gasteiger charge is 2.38. The second-order valence-corrected chi connectivity index (χ2v) is 12.7. The summed E-state index contributed by atoms with van der Waals surface area (Å²) in [6, 6.07) is 12.6. The number of carbonyl (C=O) groups excluding carboxylic acids is 4. The smallest absolute Gasteiger partial charge is 0.408 e. The molecule has 9 nitrogen and oxygen atoms in total. The zero-order valence-corrected chi connectivity index (χ0v) is 27.6. The largest absolute Gasteiger partial charge is 0.458 e. The molecule has 0 aliphatic heterocycles. The fraction of sp³-hybridized carbons (Fsp3) is 0.471. The highest BCUT2D eigenvalue weighted by atomic mass is 32.1. The quantitative estimate of drug-likeness (QED) is 0.177. The summed E-state index contributed by atoms with van der Waals surface area (Å²) in [6.45, 7) is 12.4. The van der Waals surface area contributed by atoms with Crippen molar-refractivity contribution < 1.29 is 28.7 Å². The van der Waals surface area contributed by atoms with Crippen molar-refractivity contribution >= 4 is 36.5 Å². The van der Waals surface area contributed by atoms with E-state index in [1.54, 1.807) is 65.8 Å². The van der Waals surface area contributed by atoms with Gasteiger partial charge < -0.3 is 25.0 Å².